The summed E-state index contributed by atoms with van der Waals surface area (Å²) in [5.41, 5.74) is 0. The van der Waals surface area contributed by atoms with Crippen LogP contribution in [-0.2, 0) is 14.3 Å². The standard InChI is InChI=1S/C50H92O4/c1-3-5-7-9-11-13-15-17-19-21-22-23-24-25-26-27-28-29-30-32-34-36-38-40-42-44-46-53-48-49(47-51)54-50(52)45-43-41-39-37-35-33-31-20-18-16-14-12-10-8-6-4-2/h15,17,20-22,24-25,31,49,51H,3-14,16,18-19,23,26-30,32-48H2,1-2H3/b17-15-,22-21-,25-24-,31-20-. The summed E-state index contributed by atoms with van der Waals surface area (Å²) < 4.78 is 11.2. The molecular formula is C50H92O4. The molecule has 0 aromatic carbocycles. The number of aliphatic hydroxyl groups is 1. The first-order valence-electron chi connectivity index (χ1n) is 23.7. The number of hydrogen-bond donors (Lipinski definition) is 1. The van der Waals surface area contributed by atoms with E-state index in [4.69, 9.17) is 9.47 Å². The molecule has 54 heavy (non-hydrogen) atoms. The second-order valence-electron chi connectivity index (χ2n) is 15.8. The number of aliphatic hydroxyl groups excluding tert-OH is 1. The number of allylic oxidation sites excluding steroid dienone is 8. The molecule has 0 fully saturated rings. The summed E-state index contributed by atoms with van der Waals surface area (Å²) in [4.78, 5) is 12.2. The number of rotatable bonds is 44. The van der Waals surface area contributed by atoms with E-state index in [0.29, 0.717) is 19.6 Å². The first kappa shape index (κ1) is 52.3. The molecule has 0 saturated carbocycles. The van der Waals surface area contributed by atoms with Crippen LogP contribution in [0.25, 0.3) is 0 Å². The van der Waals surface area contributed by atoms with Crippen molar-refractivity contribution in [2.75, 3.05) is 19.8 Å². The van der Waals surface area contributed by atoms with Gasteiger partial charge < -0.3 is 14.6 Å². The Morgan fingerprint density at radius 2 is 0.778 bits per heavy atom. The van der Waals surface area contributed by atoms with Crippen LogP contribution in [0.2, 0.25) is 0 Å². The molecule has 0 aromatic rings. The fourth-order valence-electron chi connectivity index (χ4n) is 6.80. The van der Waals surface area contributed by atoms with E-state index in [1.54, 1.807) is 0 Å². The van der Waals surface area contributed by atoms with Gasteiger partial charge in [-0.1, -0.05) is 204 Å². The highest BCUT2D eigenvalue weighted by atomic mass is 16.6. The third-order valence-corrected chi connectivity index (χ3v) is 10.4. The fraction of sp³-hybridized carbons (Fsp3) is 0.820. The van der Waals surface area contributed by atoms with Gasteiger partial charge in [0.05, 0.1) is 13.2 Å². The van der Waals surface area contributed by atoms with Crippen LogP contribution in [-0.4, -0.2) is 37.0 Å². The van der Waals surface area contributed by atoms with Crippen LogP contribution in [0.1, 0.15) is 239 Å². The molecule has 0 amide bonds. The van der Waals surface area contributed by atoms with Crippen molar-refractivity contribution in [2.24, 2.45) is 0 Å². The second kappa shape index (κ2) is 47.5. The van der Waals surface area contributed by atoms with Gasteiger partial charge in [0, 0.05) is 13.0 Å². The molecule has 0 aliphatic heterocycles. The van der Waals surface area contributed by atoms with Crippen molar-refractivity contribution in [1.82, 2.24) is 0 Å². The average Bonchev–Trinajstić information content (AvgIpc) is 3.18. The molecule has 0 aliphatic carbocycles. The molecule has 1 unspecified atom stereocenters. The van der Waals surface area contributed by atoms with Crippen molar-refractivity contribution in [3.05, 3.63) is 48.6 Å². The Morgan fingerprint density at radius 1 is 0.444 bits per heavy atom. The monoisotopic (exact) mass is 757 g/mol. The van der Waals surface area contributed by atoms with Gasteiger partial charge in [-0.15, -0.1) is 0 Å². The number of ether oxygens (including phenoxy) is 2. The highest BCUT2D eigenvalue weighted by Gasteiger charge is 2.13. The van der Waals surface area contributed by atoms with Gasteiger partial charge in [0.2, 0.25) is 0 Å². The number of carbonyl (C=O) groups is 1. The highest BCUT2D eigenvalue weighted by molar-refractivity contribution is 5.69. The summed E-state index contributed by atoms with van der Waals surface area (Å²) in [6.07, 6.45) is 61.9. The maximum atomic E-state index is 12.2. The smallest absolute Gasteiger partial charge is 0.306 e. The quantitative estimate of drug-likeness (QED) is 0.0382. The third kappa shape index (κ3) is 44.7. The summed E-state index contributed by atoms with van der Waals surface area (Å²) in [6, 6.07) is 0. The highest BCUT2D eigenvalue weighted by Crippen LogP contribution is 2.14. The van der Waals surface area contributed by atoms with Gasteiger partial charge in [-0.3, -0.25) is 4.79 Å². The van der Waals surface area contributed by atoms with Crippen LogP contribution < -0.4 is 0 Å². The Bertz CT molecular complexity index is 844. The molecule has 0 saturated heterocycles. The van der Waals surface area contributed by atoms with Gasteiger partial charge >= 0.3 is 5.97 Å². The van der Waals surface area contributed by atoms with Gasteiger partial charge in [0.15, 0.2) is 0 Å². The van der Waals surface area contributed by atoms with E-state index in [0.717, 1.165) is 32.1 Å². The van der Waals surface area contributed by atoms with Crippen LogP contribution in [0.5, 0.6) is 0 Å². The van der Waals surface area contributed by atoms with Crippen LogP contribution >= 0.6 is 0 Å². The SMILES string of the molecule is CCCCCCC/C=C\C/C=C\C/C=C\CCCCCCCCCCCCCOCC(CO)OC(=O)CCCCCCC/C=C\CCCCCCCCC. The number of carbonyl (C=O) groups excluding carboxylic acids is 1. The lowest BCUT2D eigenvalue weighted by Gasteiger charge is -2.15. The largest absolute Gasteiger partial charge is 0.457 e. The first-order chi connectivity index (χ1) is 26.7. The number of hydrogen-bond acceptors (Lipinski definition) is 4. The molecule has 316 valence electrons. The van der Waals surface area contributed by atoms with Crippen LogP contribution in [0.15, 0.2) is 48.6 Å². The summed E-state index contributed by atoms with van der Waals surface area (Å²) in [5.74, 6) is -0.209. The predicted molar refractivity (Wildman–Crippen MR) is 237 cm³/mol. The lowest BCUT2D eigenvalue weighted by molar-refractivity contribution is -0.154. The minimum Gasteiger partial charge on any atom is -0.457 e. The molecule has 4 nitrogen and oxygen atoms in total. The molecule has 0 spiro atoms. The molecule has 0 aromatic heterocycles. The van der Waals surface area contributed by atoms with Crippen LogP contribution in [0.3, 0.4) is 0 Å². The maximum absolute atomic E-state index is 12.2. The number of esters is 1. The maximum Gasteiger partial charge on any atom is 0.306 e. The zero-order valence-electron chi connectivity index (χ0n) is 36.2. The Kier molecular flexibility index (Phi) is 46.0. The average molecular weight is 757 g/mol. The molecule has 1 atom stereocenters. The zero-order valence-corrected chi connectivity index (χ0v) is 36.2. The van der Waals surface area contributed by atoms with E-state index >= 15 is 0 Å². The van der Waals surface area contributed by atoms with Gasteiger partial charge in [-0.25, -0.2) is 0 Å². The number of unbranched alkanes of at least 4 members (excludes halogenated alkanes) is 28. The van der Waals surface area contributed by atoms with Gasteiger partial charge in [-0.05, 0) is 77.0 Å². The van der Waals surface area contributed by atoms with Gasteiger partial charge in [-0.2, -0.15) is 0 Å². The van der Waals surface area contributed by atoms with E-state index in [-0.39, 0.29) is 12.6 Å². The van der Waals surface area contributed by atoms with E-state index in [1.807, 2.05) is 0 Å². The molecule has 0 radical (unpaired) electrons. The second-order valence-corrected chi connectivity index (χ2v) is 15.8. The van der Waals surface area contributed by atoms with Crippen molar-refractivity contribution in [2.45, 2.75) is 245 Å². The summed E-state index contributed by atoms with van der Waals surface area (Å²) in [5, 5.41) is 9.62. The zero-order chi connectivity index (χ0) is 39.1. The molecule has 0 heterocycles. The van der Waals surface area contributed by atoms with Crippen LogP contribution in [0.4, 0.5) is 0 Å². The van der Waals surface area contributed by atoms with E-state index in [1.165, 1.54) is 186 Å². The van der Waals surface area contributed by atoms with Gasteiger partial charge in [0.25, 0.3) is 0 Å². The molecular weight excluding hydrogens is 665 g/mol. The van der Waals surface area contributed by atoms with E-state index < -0.39 is 6.10 Å². The summed E-state index contributed by atoms with van der Waals surface area (Å²) in [6.45, 7) is 5.34. The van der Waals surface area contributed by atoms with Crippen molar-refractivity contribution < 1.29 is 19.4 Å². The Hall–Kier alpha value is -1.65. The van der Waals surface area contributed by atoms with Crippen molar-refractivity contribution in [1.29, 1.82) is 0 Å². The lowest BCUT2D eigenvalue weighted by Crippen LogP contribution is -2.27. The van der Waals surface area contributed by atoms with Crippen molar-refractivity contribution in [3.8, 4) is 0 Å². The minimum absolute atomic E-state index is 0.176. The third-order valence-electron chi connectivity index (χ3n) is 10.4. The topological polar surface area (TPSA) is 55.8 Å². The van der Waals surface area contributed by atoms with Crippen LogP contribution in [0, 0.1) is 0 Å². The Morgan fingerprint density at radius 3 is 1.19 bits per heavy atom. The van der Waals surface area contributed by atoms with E-state index in [2.05, 4.69) is 62.5 Å². The normalized spacial score (nSPS) is 12.7. The summed E-state index contributed by atoms with van der Waals surface area (Å²) >= 11 is 0. The molecule has 0 bridgehead atoms. The minimum atomic E-state index is -0.540. The fourth-order valence-corrected chi connectivity index (χ4v) is 6.80. The molecule has 4 heteroatoms. The molecule has 1 N–H and O–H groups in total. The van der Waals surface area contributed by atoms with Crippen molar-refractivity contribution in [3.63, 3.8) is 0 Å². The Labute approximate surface area is 337 Å². The Balaban J connectivity index is 3.42. The lowest BCUT2D eigenvalue weighted by atomic mass is 10.1. The van der Waals surface area contributed by atoms with Crippen molar-refractivity contribution >= 4 is 5.97 Å². The van der Waals surface area contributed by atoms with Gasteiger partial charge in [0.1, 0.15) is 6.10 Å². The summed E-state index contributed by atoms with van der Waals surface area (Å²) in [7, 11) is 0. The predicted octanol–water partition coefficient (Wildman–Crippen LogP) is 15.8. The first-order valence-corrected chi connectivity index (χ1v) is 23.7. The van der Waals surface area contributed by atoms with E-state index in [9.17, 15) is 9.90 Å². The molecule has 0 aliphatic rings. The molecule has 0 rings (SSSR count).